The van der Waals surface area contributed by atoms with Crippen molar-refractivity contribution in [2.75, 3.05) is 0 Å². The maximum absolute atomic E-state index is 14.4. The topological polar surface area (TPSA) is 26.3 Å². The number of ether oxygens (including phenoxy) is 1. The minimum Gasteiger partial charge on any atom is -0.426 e. The summed E-state index contributed by atoms with van der Waals surface area (Å²) >= 11 is 0. The van der Waals surface area contributed by atoms with E-state index in [1.165, 1.54) is 38.5 Å². The van der Waals surface area contributed by atoms with E-state index in [1.807, 2.05) is 19.1 Å². The van der Waals surface area contributed by atoms with Crippen LogP contribution in [0.3, 0.4) is 0 Å². The number of carbonyl (C=O) groups is 1. The van der Waals surface area contributed by atoms with Crippen LogP contribution in [0.1, 0.15) is 90.0 Å². The van der Waals surface area contributed by atoms with Crippen molar-refractivity contribution in [1.29, 1.82) is 0 Å². The second kappa shape index (κ2) is 11.1. The van der Waals surface area contributed by atoms with Crippen LogP contribution in [-0.2, 0) is 11.2 Å². The zero-order valence-corrected chi connectivity index (χ0v) is 20.3. The minimum absolute atomic E-state index is 0.0169. The normalized spacial score (nSPS) is 32.5. The van der Waals surface area contributed by atoms with Crippen molar-refractivity contribution in [2.45, 2.75) is 90.9 Å². The molecule has 3 fully saturated rings. The van der Waals surface area contributed by atoms with Gasteiger partial charge in [0.25, 0.3) is 0 Å². The summed E-state index contributed by atoms with van der Waals surface area (Å²) in [6.07, 6.45) is 16.8. The highest BCUT2D eigenvalue weighted by Crippen LogP contribution is 2.49. The first kappa shape index (κ1) is 24.4. The van der Waals surface area contributed by atoms with Crippen LogP contribution < -0.4 is 4.74 Å². The smallest absolute Gasteiger partial charge is 0.314 e. The fraction of sp³-hybridized carbons (Fsp3) is 0.690. The van der Waals surface area contributed by atoms with E-state index in [9.17, 15) is 13.6 Å². The monoisotopic (exact) mass is 458 g/mol. The molecule has 3 aliphatic carbocycles. The molecule has 3 saturated carbocycles. The third-order valence-corrected chi connectivity index (χ3v) is 8.82. The Balaban J connectivity index is 1.27. The molecule has 0 amide bonds. The van der Waals surface area contributed by atoms with Crippen LogP contribution in [-0.4, -0.2) is 5.97 Å². The van der Waals surface area contributed by atoms with Gasteiger partial charge in [-0.25, -0.2) is 8.78 Å². The van der Waals surface area contributed by atoms with E-state index in [1.54, 1.807) is 0 Å². The lowest BCUT2D eigenvalue weighted by atomic mass is 9.61. The third kappa shape index (κ3) is 6.05. The number of rotatable bonds is 6. The number of benzene rings is 1. The summed E-state index contributed by atoms with van der Waals surface area (Å²) in [5.74, 6) is 2.53. The second-order valence-electron chi connectivity index (χ2n) is 11.0. The van der Waals surface area contributed by atoms with Crippen molar-refractivity contribution in [3.63, 3.8) is 0 Å². The molecule has 33 heavy (non-hydrogen) atoms. The van der Waals surface area contributed by atoms with Gasteiger partial charge in [-0.1, -0.05) is 25.5 Å². The first-order valence-electron chi connectivity index (χ1n) is 13.2. The van der Waals surface area contributed by atoms with Gasteiger partial charge in [0.2, 0.25) is 0 Å². The zero-order chi connectivity index (χ0) is 23.4. The second-order valence-corrected chi connectivity index (χ2v) is 11.0. The van der Waals surface area contributed by atoms with Gasteiger partial charge >= 0.3 is 5.97 Å². The van der Waals surface area contributed by atoms with E-state index in [-0.39, 0.29) is 23.2 Å². The van der Waals surface area contributed by atoms with Crippen molar-refractivity contribution in [2.24, 2.45) is 35.5 Å². The van der Waals surface area contributed by atoms with Gasteiger partial charge in [-0.15, -0.1) is 0 Å². The first-order valence-corrected chi connectivity index (χ1v) is 13.2. The minimum atomic E-state index is -0.640. The van der Waals surface area contributed by atoms with Gasteiger partial charge < -0.3 is 4.74 Å². The standard InChI is InChI=1S/C29H40F2O2/c1-3-4-5-6-26-27(30)17-25(18-28(26)31)33-29(32)21-11-9-20(10-12-21)23-14-13-22-15-19(2)7-8-24(22)16-23/h3-4,17-24H,5-16H2,1-2H3/b4-3+. The molecule has 0 radical (unpaired) electrons. The molecule has 0 heterocycles. The molecular weight excluding hydrogens is 418 g/mol. The third-order valence-electron chi connectivity index (χ3n) is 8.82. The summed E-state index contributed by atoms with van der Waals surface area (Å²) in [6.45, 7) is 4.29. The summed E-state index contributed by atoms with van der Waals surface area (Å²) in [7, 11) is 0. The Morgan fingerprint density at radius 3 is 2.15 bits per heavy atom. The largest absolute Gasteiger partial charge is 0.426 e. The average molecular weight is 459 g/mol. The van der Waals surface area contributed by atoms with Gasteiger partial charge in [-0.05, 0) is 107 Å². The fourth-order valence-corrected chi connectivity index (χ4v) is 6.89. The first-order chi connectivity index (χ1) is 15.9. The number of carbonyl (C=O) groups excluding carboxylic acids is 1. The molecule has 1 aromatic rings. The van der Waals surface area contributed by atoms with Crippen LogP contribution in [0.25, 0.3) is 0 Å². The van der Waals surface area contributed by atoms with Crippen LogP contribution in [0.15, 0.2) is 24.3 Å². The molecule has 4 rings (SSSR count). The van der Waals surface area contributed by atoms with Crippen LogP contribution in [0.4, 0.5) is 8.78 Å². The van der Waals surface area contributed by atoms with E-state index in [0.29, 0.717) is 12.8 Å². The van der Waals surface area contributed by atoms with Gasteiger partial charge in [0, 0.05) is 17.7 Å². The summed E-state index contributed by atoms with van der Waals surface area (Å²) in [5.41, 5.74) is 0.0514. The number of fused-ring (bicyclic) bond motifs is 1. The molecule has 0 N–H and O–H groups in total. The molecule has 0 saturated heterocycles. The highest BCUT2D eigenvalue weighted by molar-refractivity contribution is 5.75. The number of esters is 1. The van der Waals surface area contributed by atoms with Crippen LogP contribution in [0.5, 0.6) is 5.75 Å². The predicted molar refractivity (Wildman–Crippen MR) is 128 cm³/mol. The molecule has 1 aromatic carbocycles. The lowest BCUT2D eigenvalue weighted by Gasteiger charge is -2.44. The molecule has 182 valence electrons. The summed E-state index contributed by atoms with van der Waals surface area (Å²) in [4.78, 5) is 12.7. The summed E-state index contributed by atoms with van der Waals surface area (Å²) < 4.78 is 34.2. The Morgan fingerprint density at radius 2 is 1.48 bits per heavy atom. The zero-order valence-electron chi connectivity index (χ0n) is 20.3. The SMILES string of the molecule is C/C=C/CCc1c(F)cc(OC(=O)C2CCC(C3CCC4CC(C)CCC4C3)CC2)cc1F. The van der Waals surface area contributed by atoms with Crippen LogP contribution in [0.2, 0.25) is 0 Å². The van der Waals surface area contributed by atoms with E-state index in [4.69, 9.17) is 4.74 Å². The van der Waals surface area contributed by atoms with Gasteiger partial charge in [0.15, 0.2) is 0 Å². The maximum Gasteiger partial charge on any atom is 0.314 e. The predicted octanol–water partition coefficient (Wildman–Crippen LogP) is 8.04. The average Bonchev–Trinajstić information content (AvgIpc) is 2.80. The number of hydrogen-bond donors (Lipinski definition) is 0. The highest BCUT2D eigenvalue weighted by atomic mass is 19.1. The van der Waals surface area contributed by atoms with Gasteiger partial charge in [-0.3, -0.25) is 4.79 Å². The fourth-order valence-electron chi connectivity index (χ4n) is 6.89. The quantitative estimate of drug-likeness (QED) is 0.245. The van der Waals surface area contributed by atoms with Gasteiger partial charge in [0.05, 0.1) is 5.92 Å². The van der Waals surface area contributed by atoms with Gasteiger partial charge in [0.1, 0.15) is 17.4 Å². The molecule has 0 bridgehead atoms. The number of hydrogen-bond acceptors (Lipinski definition) is 2. The molecule has 4 unspecified atom stereocenters. The molecule has 4 atom stereocenters. The van der Waals surface area contributed by atoms with E-state index in [0.717, 1.165) is 67.4 Å². The van der Waals surface area contributed by atoms with Crippen molar-refractivity contribution in [1.82, 2.24) is 0 Å². The summed E-state index contributed by atoms with van der Waals surface area (Å²) in [5, 5.41) is 0. The lowest BCUT2D eigenvalue weighted by Crippen LogP contribution is -2.35. The molecule has 0 aliphatic heterocycles. The lowest BCUT2D eigenvalue weighted by molar-refractivity contribution is -0.140. The molecular formula is C29H40F2O2. The van der Waals surface area contributed by atoms with Crippen molar-refractivity contribution in [3.8, 4) is 5.75 Å². The number of halogens is 2. The van der Waals surface area contributed by atoms with E-state index >= 15 is 0 Å². The Hall–Kier alpha value is -1.71. The summed E-state index contributed by atoms with van der Waals surface area (Å²) in [6, 6.07) is 2.31. The van der Waals surface area contributed by atoms with Crippen molar-refractivity contribution < 1.29 is 18.3 Å². The molecule has 0 spiro atoms. The van der Waals surface area contributed by atoms with Gasteiger partial charge in [-0.2, -0.15) is 0 Å². The maximum atomic E-state index is 14.4. The van der Waals surface area contributed by atoms with Crippen LogP contribution >= 0.6 is 0 Å². The van der Waals surface area contributed by atoms with Crippen molar-refractivity contribution >= 4 is 5.97 Å². The van der Waals surface area contributed by atoms with Crippen molar-refractivity contribution in [3.05, 3.63) is 41.5 Å². The number of allylic oxidation sites excluding steroid dienone is 2. The van der Waals surface area contributed by atoms with Crippen LogP contribution in [0, 0.1) is 47.1 Å². The molecule has 4 heteroatoms. The molecule has 3 aliphatic rings. The Morgan fingerprint density at radius 1 is 0.909 bits per heavy atom. The molecule has 0 aromatic heterocycles. The van der Waals surface area contributed by atoms with E-state index in [2.05, 4.69) is 6.92 Å². The Kier molecular flexibility index (Phi) is 8.24. The molecule has 2 nitrogen and oxygen atoms in total. The Bertz CT molecular complexity index is 817. The van der Waals surface area contributed by atoms with E-state index < -0.39 is 11.6 Å². The highest BCUT2D eigenvalue weighted by Gasteiger charge is 2.39. The Labute approximate surface area is 198 Å².